The summed E-state index contributed by atoms with van der Waals surface area (Å²) >= 11 is 0. The highest BCUT2D eigenvalue weighted by molar-refractivity contribution is 5.69. The van der Waals surface area contributed by atoms with Crippen LogP contribution in [0.1, 0.15) is 54.4 Å². The number of carbonyl (C=O) groups is 1. The van der Waals surface area contributed by atoms with Crippen molar-refractivity contribution in [3.63, 3.8) is 0 Å². The summed E-state index contributed by atoms with van der Waals surface area (Å²) in [5.41, 5.74) is -0.716. The third kappa shape index (κ3) is 3.87. The van der Waals surface area contributed by atoms with Crippen molar-refractivity contribution in [2.45, 2.75) is 72.1 Å². The molecular weight excluding hydrogens is 230 g/mol. The molecule has 4 heteroatoms. The summed E-state index contributed by atoms with van der Waals surface area (Å²) in [5, 5.41) is 10.4. The van der Waals surface area contributed by atoms with E-state index in [1.165, 1.54) is 0 Å². The van der Waals surface area contributed by atoms with Crippen LogP contribution in [0.25, 0.3) is 0 Å². The highest BCUT2D eigenvalue weighted by Crippen LogP contribution is 2.31. The zero-order valence-electron chi connectivity index (χ0n) is 12.5. The van der Waals surface area contributed by atoms with Crippen LogP contribution in [0.5, 0.6) is 0 Å². The van der Waals surface area contributed by atoms with E-state index in [2.05, 4.69) is 0 Å². The van der Waals surface area contributed by atoms with Gasteiger partial charge in [0.25, 0.3) is 0 Å². The third-order valence-electron chi connectivity index (χ3n) is 3.18. The quantitative estimate of drug-likeness (QED) is 0.786. The van der Waals surface area contributed by atoms with Crippen LogP contribution in [-0.2, 0) is 4.74 Å². The number of hydrogen-bond donors (Lipinski definition) is 1. The second-order valence-corrected chi connectivity index (χ2v) is 7.19. The smallest absolute Gasteiger partial charge is 0.410 e. The second kappa shape index (κ2) is 5.08. The van der Waals surface area contributed by atoms with Crippen LogP contribution in [-0.4, -0.2) is 40.4 Å². The molecule has 2 atom stereocenters. The number of ether oxygens (including phenoxy) is 1. The van der Waals surface area contributed by atoms with Crippen molar-refractivity contribution in [3.05, 3.63) is 0 Å². The number of hydrogen-bond acceptors (Lipinski definition) is 3. The van der Waals surface area contributed by atoms with Gasteiger partial charge >= 0.3 is 6.09 Å². The first-order chi connectivity index (χ1) is 8.02. The first kappa shape index (κ1) is 15.3. The first-order valence-electron chi connectivity index (χ1n) is 6.70. The molecule has 18 heavy (non-hydrogen) atoms. The van der Waals surface area contributed by atoms with Gasteiger partial charge in [-0.3, -0.25) is 0 Å². The Kier molecular flexibility index (Phi) is 4.31. The average molecular weight is 257 g/mol. The number of nitrogens with zero attached hydrogens (tertiary/aromatic N) is 1. The maximum atomic E-state index is 12.1. The molecule has 1 N–H and O–H groups in total. The molecule has 1 aliphatic heterocycles. The minimum atomic E-state index is -0.521. The topological polar surface area (TPSA) is 49.8 Å². The second-order valence-electron chi connectivity index (χ2n) is 7.19. The van der Waals surface area contributed by atoms with Crippen molar-refractivity contribution in [1.82, 2.24) is 4.90 Å². The van der Waals surface area contributed by atoms with E-state index >= 15 is 0 Å². The van der Waals surface area contributed by atoms with Crippen molar-refractivity contribution in [2.75, 3.05) is 6.54 Å². The van der Waals surface area contributed by atoms with E-state index in [0.29, 0.717) is 6.54 Å². The molecule has 1 rings (SSSR count). The Hall–Kier alpha value is -0.770. The fourth-order valence-electron chi connectivity index (χ4n) is 2.25. The summed E-state index contributed by atoms with van der Waals surface area (Å²) in [4.78, 5) is 13.8. The summed E-state index contributed by atoms with van der Waals surface area (Å²) in [6, 6.07) is -0.125. The molecule has 0 saturated carbocycles. The van der Waals surface area contributed by atoms with Crippen molar-refractivity contribution in [1.29, 1.82) is 0 Å². The van der Waals surface area contributed by atoms with Crippen LogP contribution in [0, 0.1) is 5.41 Å². The lowest BCUT2D eigenvalue weighted by Gasteiger charge is -2.36. The van der Waals surface area contributed by atoms with E-state index in [9.17, 15) is 9.90 Å². The summed E-state index contributed by atoms with van der Waals surface area (Å²) in [6.45, 7) is 12.2. The zero-order chi connectivity index (χ0) is 14.1. The molecule has 0 aromatic carbocycles. The fourth-order valence-corrected chi connectivity index (χ4v) is 2.25. The summed E-state index contributed by atoms with van der Waals surface area (Å²) in [6.07, 6.45) is 0.940. The molecule has 1 aliphatic rings. The van der Waals surface area contributed by atoms with Gasteiger partial charge in [-0.25, -0.2) is 4.79 Å². The number of aliphatic hydroxyl groups excluding tert-OH is 1. The van der Waals surface area contributed by atoms with E-state index in [1.54, 1.807) is 4.90 Å². The predicted octanol–water partition coefficient (Wildman–Crippen LogP) is 2.79. The Morgan fingerprint density at radius 3 is 2.28 bits per heavy atom. The fraction of sp³-hybridized carbons (Fsp3) is 0.929. The summed E-state index contributed by atoms with van der Waals surface area (Å²) in [7, 11) is 0. The molecule has 106 valence electrons. The Bertz CT molecular complexity index is 301. The molecule has 1 fully saturated rings. The van der Waals surface area contributed by atoms with E-state index in [4.69, 9.17) is 4.74 Å². The van der Waals surface area contributed by atoms with Gasteiger partial charge in [0.1, 0.15) is 5.60 Å². The molecule has 0 aliphatic carbocycles. The van der Waals surface area contributed by atoms with Gasteiger partial charge in [-0.05, 0) is 39.0 Å². The van der Waals surface area contributed by atoms with Crippen LogP contribution in [0.2, 0.25) is 0 Å². The van der Waals surface area contributed by atoms with E-state index < -0.39 is 11.7 Å². The largest absolute Gasteiger partial charge is 0.444 e. The van der Waals surface area contributed by atoms with Crippen molar-refractivity contribution >= 4 is 6.09 Å². The average Bonchev–Trinajstić information content (AvgIpc) is 2.60. The van der Waals surface area contributed by atoms with Crippen molar-refractivity contribution in [2.24, 2.45) is 5.41 Å². The molecule has 1 saturated heterocycles. The minimum Gasteiger partial charge on any atom is -0.444 e. The van der Waals surface area contributed by atoms with Crippen LogP contribution in [0.4, 0.5) is 4.79 Å². The molecule has 0 radical (unpaired) electrons. The molecular formula is C14H27NO3. The number of carbonyl (C=O) groups excluding carboxylic acids is 1. The van der Waals surface area contributed by atoms with Gasteiger partial charge < -0.3 is 14.7 Å². The van der Waals surface area contributed by atoms with Gasteiger partial charge in [0, 0.05) is 6.54 Å². The zero-order valence-corrected chi connectivity index (χ0v) is 12.5. The highest BCUT2D eigenvalue weighted by atomic mass is 16.6. The number of rotatable bonds is 1. The molecule has 0 spiro atoms. The standard InChI is InChI=1S/C14H27NO3/c1-13(2,3)11(16)10-8-7-9-15(10)12(17)18-14(4,5)6/h10-11,16H,7-9H2,1-6H3/t10-,11+/m0/s1. The predicted molar refractivity (Wildman–Crippen MR) is 71.4 cm³/mol. The van der Waals surface area contributed by atoms with E-state index in [1.807, 2.05) is 41.5 Å². The molecule has 0 bridgehead atoms. The van der Waals surface area contributed by atoms with E-state index in [-0.39, 0.29) is 17.6 Å². The highest BCUT2D eigenvalue weighted by Gasteiger charge is 2.40. The lowest BCUT2D eigenvalue weighted by atomic mass is 9.84. The van der Waals surface area contributed by atoms with Gasteiger partial charge in [0.15, 0.2) is 0 Å². The number of likely N-dealkylation sites (tertiary alicyclic amines) is 1. The monoisotopic (exact) mass is 257 g/mol. The molecule has 4 nitrogen and oxygen atoms in total. The minimum absolute atomic E-state index is 0.125. The maximum Gasteiger partial charge on any atom is 0.410 e. The van der Waals surface area contributed by atoms with Crippen LogP contribution < -0.4 is 0 Å². The van der Waals surface area contributed by atoms with Gasteiger partial charge in [-0.2, -0.15) is 0 Å². The molecule has 1 amide bonds. The number of amides is 1. The van der Waals surface area contributed by atoms with Gasteiger partial charge in [-0.15, -0.1) is 0 Å². The van der Waals surface area contributed by atoms with Gasteiger partial charge in [-0.1, -0.05) is 20.8 Å². The summed E-state index contributed by atoms with van der Waals surface area (Å²) in [5.74, 6) is 0. The van der Waals surface area contributed by atoms with Crippen molar-refractivity contribution < 1.29 is 14.6 Å². The Labute approximate surface area is 110 Å². The molecule has 0 aromatic rings. The normalized spacial score (nSPS) is 23.1. The van der Waals surface area contributed by atoms with Gasteiger partial charge in [0.05, 0.1) is 12.1 Å². The lowest BCUT2D eigenvalue weighted by molar-refractivity contribution is -0.0231. The Morgan fingerprint density at radius 2 is 1.83 bits per heavy atom. The first-order valence-corrected chi connectivity index (χ1v) is 6.70. The van der Waals surface area contributed by atoms with Crippen LogP contribution in [0.3, 0.4) is 0 Å². The summed E-state index contributed by atoms with van der Waals surface area (Å²) < 4.78 is 5.39. The molecule has 1 heterocycles. The third-order valence-corrected chi connectivity index (χ3v) is 3.18. The molecule has 0 unspecified atom stereocenters. The van der Waals surface area contributed by atoms with Gasteiger partial charge in [0.2, 0.25) is 0 Å². The lowest BCUT2D eigenvalue weighted by Crippen LogP contribution is -2.49. The number of aliphatic hydroxyl groups is 1. The Balaban J connectivity index is 2.74. The Morgan fingerprint density at radius 1 is 1.28 bits per heavy atom. The molecule has 0 aromatic heterocycles. The van der Waals surface area contributed by atoms with Crippen LogP contribution in [0.15, 0.2) is 0 Å². The van der Waals surface area contributed by atoms with Crippen LogP contribution >= 0.6 is 0 Å². The SMILES string of the molecule is CC(C)(C)OC(=O)N1CCC[C@H]1[C@@H](O)C(C)(C)C. The van der Waals surface area contributed by atoms with E-state index in [0.717, 1.165) is 12.8 Å². The van der Waals surface area contributed by atoms with Crippen molar-refractivity contribution in [3.8, 4) is 0 Å². The maximum absolute atomic E-state index is 12.1.